The van der Waals surface area contributed by atoms with Crippen molar-refractivity contribution >= 4 is 34.4 Å². The van der Waals surface area contributed by atoms with Gasteiger partial charge in [-0.25, -0.2) is 0 Å². The number of carboxylic acid groups (broad SMARTS) is 1. The number of hydrogen-bond acceptors (Lipinski definition) is 2. The van der Waals surface area contributed by atoms with Crippen LogP contribution in [-0.2, 0) is 9.59 Å². The molecule has 33 heavy (non-hydrogen) atoms. The molecule has 2 fully saturated rings. The molecule has 2 heterocycles. The third-order valence-electron chi connectivity index (χ3n) is 7.65. The molecule has 5 nitrogen and oxygen atoms in total. The van der Waals surface area contributed by atoms with Gasteiger partial charge in [0, 0.05) is 47.0 Å². The summed E-state index contributed by atoms with van der Waals surface area (Å²) >= 11 is 6.19. The number of carbonyl (C=O) groups excluding carboxylic acids is 1. The lowest BCUT2D eigenvalue weighted by Gasteiger charge is -2.47. The molecule has 1 saturated heterocycles. The first kappa shape index (κ1) is 22.0. The fraction of sp³-hybridized carbons (Fsp3) is 0.407. The molecule has 1 aliphatic carbocycles. The topological polar surface area (TPSA) is 73.4 Å². The molecule has 1 saturated carbocycles. The second-order valence-corrected chi connectivity index (χ2v) is 9.87. The number of aliphatic carboxylic acids is 1. The molecule has 5 rings (SSSR count). The van der Waals surface area contributed by atoms with Gasteiger partial charge < -0.3 is 15.0 Å². The normalized spacial score (nSPS) is 23.8. The van der Waals surface area contributed by atoms with Crippen molar-refractivity contribution in [3.8, 4) is 0 Å². The van der Waals surface area contributed by atoms with Crippen molar-refractivity contribution in [1.82, 2.24) is 9.88 Å². The summed E-state index contributed by atoms with van der Waals surface area (Å²) in [7, 11) is 0. The Balaban J connectivity index is 1.46. The summed E-state index contributed by atoms with van der Waals surface area (Å²) in [5.74, 6) is -0.943. The van der Waals surface area contributed by atoms with Crippen molar-refractivity contribution in [2.24, 2.45) is 11.8 Å². The van der Waals surface area contributed by atoms with Crippen molar-refractivity contribution in [2.45, 2.75) is 50.5 Å². The van der Waals surface area contributed by atoms with Crippen LogP contribution in [0, 0.1) is 11.8 Å². The van der Waals surface area contributed by atoms with Gasteiger partial charge in [0.05, 0.1) is 5.92 Å². The van der Waals surface area contributed by atoms with Crippen LogP contribution in [0.3, 0.4) is 0 Å². The van der Waals surface area contributed by atoms with Gasteiger partial charge in [0.2, 0.25) is 5.91 Å². The molecular formula is C27H29ClN2O3. The molecule has 1 aliphatic heterocycles. The average molecular weight is 465 g/mol. The molecule has 1 amide bonds. The predicted octanol–water partition coefficient (Wildman–Crippen LogP) is 5.84. The number of halogens is 1. The van der Waals surface area contributed by atoms with Crippen LogP contribution in [0.2, 0.25) is 5.02 Å². The predicted molar refractivity (Wildman–Crippen MR) is 129 cm³/mol. The lowest BCUT2D eigenvalue weighted by Crippen LogP contribution is -2.54. The fourth-order valence-corrected chi connectivity index (χ4v) is 6.24. The monoisotopic (exact) mass is 464 g/mol. The molecule has 4 unspecified atom stereocenters. The minimum absolute atomic E-state index is 0.0410. The summed E-state index contributed by atoms with van der Waals surface area (Å²) < 4.78 is 0. The van der Waals surface area contributed by atoms with E-state index in [0.717, 1.165) is 47.7 Å². The van der Waals surface area contributed by atoms with E-state index in [1.807, 2.05) is 47.5 Å². The smallest absolute Gasteiger partial charge is 0.306 e. The minimum Gasteiger partial charge on any atom is -0.481 e. The molecule has 2 aliphatic rings. The van der Waals surface area contributed by atoms with Crippen LogP contribution in [0.25, 0.3) is 10.9 Å². The third-order valence-corrected chi connectivity index (χ3v) is 7.88. The van der Waals surface area contributed by atoms with Crippen molar-refractivity contribution in [3.63, 3.8) is 0 Å². The molecule has 1 aromatic heterocycles. The van der Waals surface area contributed by atoms with Gasteiger partial charge in [-0.05, 0) is 48.4 Å². The molecule has 0 radical (unpaired) electrons. The zero-order chi connectivity index (χ0) is 22.9. The Morgan fingerprint density at radius 2 is 1.88 bits per heavy atom. The number of nitrogens with one attached hydrogen (secondary N) is 1. The van der Waals surface area contributed by atoms with Crippen LogP contribution in [0.15, 0.2) is 54.7 Å². The molecule has 0 spiro atoms. The molecular weight excluding hydrogens is 436 g/mol. The number of fused-ring (bicyclic) bond motifs is 2. The second kappa shape index (κ2) is 9.22. The summed E-state index contributed by atoms with van der Waals surface area (Å²) in [6.07, 6.45) is 6.81. The van der Waals surface area contributed by atoms with E-state index in [0.29, 0.717) is 24.4 Å². The van der Waals surface area contributed by atoms with Crippen LogP contribution in [0.4, 0.5) is 0 Å². The van der Waals surface area contributed by atoms with E-state index in [9.17, 15) is 14.7 Å². The van der Waals surface area contributed by atoms with Gasteiger partial charge in [-0.2, -0.15) is 0 Å². The molecule has 2 N–H and O–H groups in total. The molecule has 172 valence electrons. The highest BCUT2D eigenvalue weighted by Crippen LogP contribution is 2.41. The molecule has 0 bridgehead atoms. The van der Waals surface area contributed by atoms with Crippen molar-refractivity contribution in [3.05, 3.63) is 70.9 Å². The van der Waals surface area contributed by atoms with E-state index in [1.165, 1.54) is 0 Å². The number of nitrogens with zero attached hydrogens (tertiary/aromatic N) is 1. The second-order valence-electron chi connectivity index (χ2n) is 9.44. The lowest BCUT2D eigenvalue weighted by atomic mass is 9.71. The number of aromatic amines is 1. The van der Waals surface area contributed by atoms with Crippen LogP contribution in [0.1, 0.15) is 55.6 Å². The number of benzene rings is 2. The number of amides is 1. The lowest BCUT2D eigenvalue weighted by molar-refractivity contribution is -0.153. The highest BCUT2D eigenvalue weighted by atomic mass is 35.5. The van der Waals surface area contributed by atoms with E-state index in [4.69, 9.17) is 11.6 Å². The Morgan fingerprint density at radius 1 is 1.09 bits per heavy atom. The Labute approximate surface area is 198 Å². The Kier molecular flexibility index (Phi) is 6.15. The Hall–Kier alpha value is -2.79. The van der Waals surface area contributed by atoms with Crippen LogP contribution in [-0.4, -0.2) is 39.5 Å². The summed E-state index contributed by atoms with van der Waals surface area (Å²) in [5, 5.41) is 11.5. The summed E-state index contributed by atoms with van der Waals surface area (Å²) in [5.41, 5.74) is 3.14. The largest absolute Gasteiger partial charge is 0.481 e. The molecule has 2 aromatic carbocycles. The van der Waals surface area contributed by atoms with Gasteiger partial charge in [0.1, 0.15) is 0 Å². The number of carboxylic acids is 1. The molecule has 6 heteroatoms. The Morgan fingerprint density at radius 3 is 2.67 bits per heavy atom. The number of likely N-dealkylation sites (tertiary alicyclic amines) is 1. The zero-order valence-corrected chi connectivity index (χ0v) is 19.3. The third kappa shape index (κ3) is 4.26. The van der Waals surface area contributed by atoms with Crippen molar-refractivity contribution in [1.29, 1.82) is 0 Å². The highest BCUT2D eigenvalue weighted by molar-refractivity contribution is 6.31. The first-order valence-corrected chi connectivity index (χ1v) is 12.2. The van der Waals surface area contributed by atoms with Crippen LogP contribution >= 0.6 is 11.6 Å². The quantitative estimate of drug-likeness (QED) is 0.498. The van der Waals surface area contributed by atoms with Crippen LogP contribution in [0.5, 0.6) is 0 Å². The summed E-state index contributed by atoms with van der Waals surface area (Å²) in [6, 6.07) is 16.0. The van der Waals surface area contributed by atoms with Gasteiger partial charge in [0.15, 0.2) is 0 Å². The number of carbonyl (C=O) groups is 2. The average Bonchev–Trinajstić information content (AvgIpc) is 3.24. The van der Waals surface area contributed by atoms with E-state index >= 15 is 0 Å². The van der Waals surface area contributed by atoms with Gasteiger partial charge in [-0.15, -0.1) is 0 Å². The van der Waals surface area contributed by atoms with E-state index in [-0.39, 0.29) is 29.7 Å². The number of hydrogen-bond donors (Lipinski definition) is 2. The maximum Gasteiger partial charge on any atom is 0.306 e. The standard InChI is InChI=1S/C27H29ClN2O3/c28-18-10-11-19-23(16-29-24(19)14-18)22(17-6-2-1-3-7-17)15-26(31)30-13-12-21(27(32)33)20-8-4-5-9-25(20)30/h1-3,6-7,10-11,14,16,20-22,25,29H,4-5,8-9,12-13,15H2,(H,32,33). The summed E-state index contributed by atoms with van der Waals surface area (Å²) in [4.78, 5) is 30.9. The van der Waals surface area contributed by atoms with E-state index in [2.05, 4.69) is 17.1 Å². The van der Waals surface area contributed by atoms with Crippen molar-refractivity contribution < 1.29 is 14.7 Å². The maximum absolute atomic E-state index is 13.7. The number of H-pyrrole nitrogens is 1. The van der Waals surface area contributed by atoms with Crippen LogP contribution < -0.4 is 0 Å². The maximum atomic E-state index is 13.7. The first-order chi connectivity index (χ1) is 16.0. The van der Waals surface area contributed by atoms with Gasteiger partial charge in [0.25, 0.3) is 0 Å². The number of rotatable bonds is 5. The zero-order valence-electron chi connectivity index (χ0n) is 18.5. The first-order valence-electron chi connectivity index (χ1n) is 11.9. The van der Waals surface area contributed by atoms with Gasteiger partial charge in [-0.1, -0.05) is 60.8 Å². The SMILES string of the molecule is O=C(O)C1CCN(C(=O)CC(c2ccccc2)c2c[nH]c3cc(Cl)ccc23)C2CCCCC12. The minimum atomic E-state index is -0.710. The molecule has 4 atom stereocenters. The van der Waals surface area contributed by atoms with E-state index < -0.39 is 5.97 Å². The highest BCUT2D eigenvalue weighted by Gasteiger charge is 2.44. The number of aromatic nitrogens is 1. The van der Waals surface area contributed by atoms with Crippen molar-refractivity contribution in [2.75, 3.05) is 6.54 Å². The number of piperidine rings is 1. The van der Waals surface area contributed by atoms with Gasteiger partial charge >= 0.3 is 5.97 Å². The Bertz CT molecular complexity index is 1160. The van der Waals surface area contributed by atoms with Gasteiger partial charge in [-0.3, -0.25) is 9.59 Å². The van der Waals surface area contributed by atoms with E-state index in [1.54, 1.807) is 0 Å². The summed E-state index contributed by atoms with van der Waals surface area (Å²) in [6.45, 7) is 0.530. The fourth-order valence-electron chi connectivity index (χ4n) is 6.06. The molecule has 3 aromatic rings.